The summed E-state index contributed by atoms with van der Waals surface area (Å²) in [5, 5.41) is 8.54. The molecule has 17 heavy (non-hydrogen) atoms. The zero-order valence-electron chi connectivity index (χ0n) is 8.63. The zero-order valence-corrected chi connectivity index (χ0v) is 9.39. The van der Waals surface area contributed by atoms with Crippen molar-refractivity contribution in [3.8, 4) is 5.69 Å². The number of aliphatic imine (C=N–C) groups is 1. The third kappa shape index (κ3) is 1.58. The number of allylic oxidation sites excluding steroid dienone is 1. The van der Waals surface area contributed by atoms with Crippen molar-refractivity contribution in [2.24, 2.45) is 4.99 Å². The van der Waals surface area contributed by atoms with Crippen molar-refractivity contribution in [2.75, 3.05) is 5.73 Å². The molecule has 5 nitrogen and oxygen atoms in total. The molecule has 2 heterocycles. The highest BCUT2D eigenvalue weighted by Crippen LogP contribution is 2.27. The third-order valence-electron chi connectivity index (χ3n) is 2.39. The van der Waals surface area contributed by atoms with Crippen LogP contribution in [0.25, 0.3) is 11.8 Å². The maximum atomic E-state index is 5.95. The van der Waals surface area contributed by atoms with Crippen molar-refractivity contribution in [1.82, 2.24) is 15.0 Å². The first-order valence-electron chi connectivity index (χ1n) is 4.89. The lowest BCUT2D eigenvalue weighted by Crippen LogP contribution is -2.03. The van der Waals surface area contributed by atoms with Crippen LogP contribution in [0.3, 0.4) is 0 Å². The lowest BCUT2D eigenvalue weighted by atomic mass is 10.2. The highest BCUT2D eigenvalue weighted by Gasteiger charge is 2.22. The largest absolute Gasteiger partial charge is 0.397 e. The van der Waals surface area contributed by atoms with E-state index in [1.165, 1.54) is 0 Å². The Hall–Kier alpha value is -2.23. The van der Waals surface area contributed by atoms with Crippen LogP contribution in [-0.4, -0.2) is 21.2 Å². The second kappa shape index (κ2) is 3.66. The van der Waals surface area contributed by atoms with Gasteiger partial charge < -0.3 is 5.73 Å². The second-order valence-electron chi connectivity index (χ2n) is 3.49. The van der Waals surface area contributed by atoms with Crippen molar-refractivity contribution >= 4 is 35.4 Å². The normalized spacial score (nSPS) is 12.3. The summed E-state index contributed by atoms with van der Waals surface area (Å²) in [6.07, 6.45) is 6.22. The molecule has 0 radical (unpaired) electrons. The van der Waals surface area contributed by atoms with E-state index < -0.39 is 0 Å². The van der Waals surface area contributed by atoms with E-state index in [0.717, 1.165) is 5.69 Å². The van der Waals surface area contributed by atoms with E-state index in [0.29, 0.717) is 22.2 Å². The number of rotatable bonds is 1. The van der Waals surface area contributed by atoms with Crippen LogP contribution in [0.15, 0.2) is 29.3 Å². The average molecular weight is 245 g/mol. The quantitative estimate of drug-likeness (QED) is 0.617. The summed E-state index contributed by atoms with van der Waals surface area (Å²) in [4.78, 5) is 3.99. The van der Waals surface area contributed by atoms with Gasteiger partial charge in [-0.2, -0.15) is 4.68 Å². The highest BCUT2D eigenvalue weighted by molar-refractivity contribution is 6.30. The van der Waals surface area contributed by atoms with Gasteiger partial charge in [-0.3, -0.25) is 0 Å². The number of nitrogens with zero attached hydrogens (tertiary/aromatic N) is 4. The number of fused-ring (bicyclic) bond motifs is 1. The molecule has 0 saturated carbocycles. The van der Waals surface area contributed by atoms with Gasteiger partial charge in [0.05, 0.1) is 17.5 Å². The molecule has 2 aromatic rings. The maximum absolute atomic E-state index is 5.95. The number of nitrogen functional groups attached to an aromatic ring is 1. The predicted molar refractivity (Wildman–Crippen MR) is 66.9 cm³/mol. The first kappa shape index (κ1) is 9.96. The molecule has 1 aliphatic heterocycles. The van der Waals surface area contributed by atoms with Gasteiger partial charge in [0.15, 0.2) is 6.21 Å². The van der Waals surface area contributed by atoms with Crippen molar-refractivity contribution in [1.29, 1.82) is 0 Å². The summed E-state index contributed by atoms with van der Waals surface area (Å²) >= 11 is 5.95. The molecule has 0 unspecified atom stereocenters. The minimum absolute atomic E-state index is 0.520. The molecule has 0 fully saturated rings. The van der Waals surface area contributed by atoms with Crippen LogP contribution in [0.2, 0.25) is 5.02 Å². The van der Waals surface area contributed by atoms with Gasteiger partial charge in [-0.25, -0.2) is 0 Å². The van der Waals surface area contributed by atoms with E-state index >= 15 is 0 Å². The van der Waals surface area contributed by atoms with Crippen LogP contribution >= 0.6 is 11.6 Å². The van der Waals surface area contributed by atoms with Crippen molar-refractivity contribution in [2.45, 2.75) is 0 Å². The minimum Gasteiger partial charge on any atom is -0.397 e. The number of anilines is 1. The molecule has 2 N–H and O–H groups in total. The van der Waals surface area contributed by atoms with E-state index in [4.69, 9.17) is 17.3 Å². The Morgan fingerprint density at radius 1 is 1.35 bits per heavy atom. The lowest BCUT2D eigenvalue weighted by Gasteiger charge is -2.05. The van der Waals surface area contributed by atoms with E-state index in [1.54, 1.807) is 29.0 Å². The Kier molecular flexibility index (Phi) is 2.14. The molecule has 0 spiro atoms. The Morgan fingerprint density at radius 2 is 2.24 bits per heavy atom. The van der Waals surface area contributed by atoms with E-state index in [1.807, 2.05) is 6.08 Å². The van der Waals surface area contributed by atoms with Crippen LogP contribution < -0.4 is 5.73 Å². The number of nitrogens with two attached hydrogens (primary N) is 1. The van der Waals surface area contributed by atoms with Gasteiger partial charge in [0.25, 0.3) is 0 Å². The first-order chi connectivity index (χ1) is 8.25. The Bertz CT molecular complexity index is 641. The van der Waals surface area contributed by atoms with Crippen LogP contribution in [0, 0.1) is 0 Å². The van der Waals surface area contributed by atoms with E-state index in [2.05, 4.69) is 21.5 Å². The number of hydrogen-bond acceptors (Lipinski definition) is 4. The summed E-state index contributed by atoms with van der Waals surface area (Å²) in [5.74, 6) is 0.520. The SMILES string of the molecule is Nc1ccc(Cl)cc1-n1nnc2c1C=C[C+]=N2. The molecular formula is C11H7ClN5+. The first-order valence-corrected chi connectivity index (χ1v) is 5.27. The average Bonchev–Trinajstić information content (AvgIpc) is 2.76. The van der Waals surface area contributed by atoms with Crippen molar-refractivity contribution in [3.05, 3.63) is 35.0 Å². The molecule has 3 rings (SSSR count). The summed E-state index contributed by atoms with van der Waals surface area (Å²) in [6.45, 7) is 0. The predicted octanol–water partition coefficient (Wildman–Crippen LogP) is 2.11. The molecule has 0 bridgehead atoms. The smallest absolute Gasteiger partial charge is 0.321 e. The highest BCUT2D eigenvalue weighted by atomic mass is 35.5. The molecule has 6 heteroatoms. The molecule has 82 valence electrons. The Morgan fingerprint density at radius 3 is 3.12 bits per heavy atom. The molecule has 0 aliphatic carbocycles. The van der Waals surface area contributed by atoms with Crippen molar-refractivity contribution < 1.29 is 0 Å². The van der Waals surface area contributed by atoms with Gasteiger partial charge >= 0.3 is 5.82 Å². The molecule has 0 saturated heterocycles. The molecular weight excluding hydrogens is 238 g/mol. The molecule has 0 atom stereocenters. The fraction of sp³-hybridized carbons (Fsp3) is 0. The number of benzene rings is 1. The van der Waals surface area contributed by atoms with Gasteiger partial charge in [-0.1, -0.05) is 11.6 Å². The summed E-state index contributed by atoms with van der Waals surface area (Å²) in [7, 11) is 0. The summed E-state index contributed by atoms with van der Waals surface area (Å²) < 4.78 is 1.61. The fourth-order valence-corrected chi connectivity index (χ4v) is 1.77. The molecule has 1 aliphatic rings. The van der Waals surface area contributed by atoms with Crippen LogP contribution in [-0.2, 0) is 0 Å². The van der Waals surface area contributed by atoms with E-state index in [9.17, 15) is 0 Å². The Labute approximate surface area is 102 Å². The monoisotopic (exact) mass is 244 g/mol. The van der Waals surface area contributed by atoms with Gasteiger partial charge in [-0.15, -0.1) is 0 Å². The maximum Gasteiger partial charge on any atom is 0.321 e. The van der Waals surface area contributed by atoms with E-state index in [-0.39, 0.29) is 0 Å². The van der Waals surface area contributed by atoms with Crippen LogP contribution in [0.5, 0.6) is 0 Å². The third-order valence-corrected chi connectivity index (χ3v) is 2.63. The van der Waals surface area contributed by atoms with Crippen LogP contribution in [0.4, 0.5) is 11.5 Å². The standard InChI is InChI=1S/C11H7ClN5/c12-7-3-4-8(13)10(6-7)17-9-2-1-5-14-11(9)15-16-17/h1-4,6H,13H2/q+1. The Balaban J connectivity index is 2.23. The summed E-state index contributed by atoms with van der Waals surface area (Å²) in [5.41, 5.74) is 7.92. The van der Waals surface area contributed by atoms with Gasteiger partial charge in [-0.05, 0) is 33.5 Å². The topological polar surface area (TPSA) is 69.1 Å². The zero-order chi connectivity index (χ0) is 11.8. The van der Waals surface area contributed by atoms with Gasteiger partial charge in [0, 0.05) is 5.02 Å². The van der Waals surface area contributed by atoms with Crippen molar-refractivity contribution in [3.63, 3.8) is 0 Å². The summed E-state index contributed by atoms with van der Waals surface area (Å²) in [6, 6.07) is 5.20. The lowest BCUT2D eigenvalue weighted by molar-refractivity contribution is 0.800. The van der Waals surface area contributed by atoms with Gasteiger partial charge in [0.1, 0.15) is 6.08 Å². The number of aromatic nitrogens is 3. The number of hydrogen-bond donors (Lipinski definition) is 1. The molecule has 1 aromatic heterocycles. The van der Waals surface area contributed by atoms with Crippen LogP contribution in [0.1, 0.15) is 5.69 Å². The fourth-order valence-electron chi connectivity index (χ4n) is 1.60. The second-order valence-corrected chi connectivity index (χ2v) is 3.92. The molecule has 1 aromatic carbocycles. The molecule has 0 amide bonds. The van der Waals surface area contributed by atoms with Gasteiger partial charge in [0.2, 0.25) is 5.69 Å². The minimum atomic E-state index is 0.520. The number of halogens is 1.